The Labute approximate surface area is 290 Å². The minimum Gasteiger partial charge on any atom is -1.00 e. The number of aryl methyl sites for hydroxylation is 3. The summed E-state index contributed by atoms with van der Waals surface area (Å²) in [7, 11) is 0. The summed E-state index contributed by atoms with van der Waals surface area (Å²) in [6.45, 7) is 26.7. The van der Waals surface area contributed by atoms with Crippen LogP contribution in [-0.4, -0.2) is 3.71 Å². The maximum atomic E-state index is 3.67. The third-order valence-electron chi connectivity index (χ3n) is 7.92. The molecule has 4 aromatic rings. The Morgan fingerprint density at radius 3 is 1.63 bits per heavy atom. The average Bonchev–Trinajstić information content (AvgIpc) is 3.39. The molecule has 1 aliphatic rings. The quantitative estimate of drug-likeness (QED) is 0.224. The Morgan fingerprint density at radius 1 is 0.674 bits per heavy atom. The monoisotopic (exact) mass is 690 g/mol. The number of hydrogen-bond acceptors (Lipinski definition) is 0. The largest absolute Gasteiger partial charge is 1.00 e. The molecule has 4 aromatic carbocycles. The van der Waals surface area contributed by atoms with Crippen LogP contribution in [-0.2, 0) is 46.9 Å². The number of benzene rings is 3. The van der Waals surface area contributed by atoms with E-state index < -0.39 is 0 Å². The smallest absolute Gasteiger partial charge is 0.0632 e. The molecular formula is C40H50Cl2Zr-2. The second kappa shape index (κ2) is 15.6. The van der Waals surface area contributed by atoms with Gasteiger partial charge in [-0.15, -0.1) is 11.1 Å². The summed E-state index contributed by atoms with van der Waals surface area (Å²) < 4.78 is 2.21. The van der Waals surface area contributed by atoms with Gasteiger partial charge in [0.25, 0.3) is 0 Å². The standard InChI is InChI=1S/C21H25.C11H14.C8H11.2ClH.Zr/c1-20(2,3)16-7-9-18-14(12-16)11-15-13-17(21(4,5)6)8-10-19(15)18;1-9-5-7-10(8-6-9)11(2,3)4;1-6-4-7(2)8(3)5-6;;;/h7-10,12H,11H2,1-6H3;1,5-8H,2-4H3;4-5H,1-3H3;2*1H;/q-1;;-1;;;+2/p-2. The van der Waals surface area contributed by atoms with Gasteiger partial charge in [-0.2, -0.15) is 46.5 Å². The number of fused-ring (bicyclic) bond motifs is 3. The maximum Gasteiger partial charge on any atom is -0.0632 e. The number of hydrogen-bond donors (Lipinski definition) is 0. The van der Waals surface area contributed by atoms with Crippen LogP contribution in [0.15, 0.2) is 66.7 Å². The summed E-state index contributed by atoms with van der Waals surface area (Å²) in [5.41, 5.74) is 15.9. The van der Waals surface area contributed by atoms with Gasteiger partial charge in [-0.3, -0.25) is 0 Å². The van der Waals surface area contributed by atoms with Crippen molar-refractivity contribution in [2.45, 2.75) is 106 Å². The second-order valence-corrected chi connectivity index (χ2v) is 15.4. The minimum atomic E-state index is 0. The maximum absolute atomic E-state index is 3.67. The van der Waals surface area contributed by atoms with E-state index in [1.54, 1.807) is 0 Å². The predicted molar refractivity (Wildman–Crippen MR) is 177 cm³/mol. The van der Waals surface area contributed by atoms with Crippen LogP contribution in [0.25, 0.3) is 11.1 Å². The van der Waals surface area contributed by atoms with Crippen LogP contribution in [0.4, 0.5) is 0 Å². The fourth-order valence-electron chi connectivity index (χ4n) is 5.06. The molecule has 0 spiro atoms. The average molecular weight is 693 g/mol. The molecule has 0 heterocycles. The third kappa shape index (κ3) is 10.7. The van der Waals surface area contributed by atoms with Crippen LogP contribution in [0.3, 0.4) is 0 Å². The SMILES string of the molecule is CC(C)(C)c1[c-]c2c(cc1)-c1ccc(C(C)(C)C)cc1C2.CC(C)(C)c1ccc([CH]=[Zr+2])cc1.Cc1cc(C)c(C)[cH-]1.[Cl-].[Cl-]. The molecule has 5 rings (SSSR count). The molecule has 1 aliphatic carbocycles. The van der Waals surface area contributed by atoms with Crippen LogP contribution in [0.2, 0.25) is 0 Å². The molecular weight excluding hydrogens is 643 g/mol. The normalized spacial score (nSPS) is 11.9. The van der Waals surface area contributed by atoms with E-state index in [4.69, 9.17) is 0 Å². The van der Waals surface area contributed by atoms with Gasteiger partial charge in [-0.05, 0) is 28.4 Å². The van der Waals surface area contributed by atoms with Gasteiger partial charge in [0, 0.05) is 0 Å². The summed E-state index contributed by atoms with van der Waals surface area (Å²) in [5, 5.41) is 0. The molecule has 0 bridgehead atoms. The van der Waals surface area contributed by atoms with Crippen molar-refractivity contribution in [3.8, 4) is 11.1 Å². The molecule has 0 amide bonds. The Hall–Kier alpha value is -1.66. The first-order valence-corrected chi connectivity index (χ1v) is 16.3. The van der Waals surface area contributed by atoms with Crippen molar-refractivity contribution in [3.05, 3.63) is 123 Å². The van der Waals surface area contributed by atoms with Crippen molar-refractivity contribution in [2.24, 2.45) is 0 Å². The molecule has 0 atom stereocenters. The molecule has 43 heavy (non-hydrogen) atoms. The van der Waals surface area contributed by atoms with Crippen molar-refractivity contribution in [1.29, 1.82) is 0 Å². The summed E-state index contributed by atoms with van der Waals surface area (Å²) >= 11 is 1.46. The van der Waals surface area contributed by atoms with E-state index >= 15 is 0 Å². The first-order valence-electron chi connectivity index (χ1n) is 14.9. The van der Waals surface area contributed by atoms with Crippen molar-refractivity contribution >= 4 is 3.71 Å². The molecule has 0 fully saturated rings. The Kier molecular flexibility index (Phi) is 14.2. The van der Waals surface area contributed by atoms with Crippen molar-refractivity contribution in [3.63, 3.8) is 0 Å². The number of halogens is 2. The summed E-state index contributed by atoms with van der Waals surface area (Å²) in [5.74, 6) is 0. The second-order valence-electron chi connectivity index (χ2n) is 14.7. The van der Waals surface area contributed by atoms with Crippen molar-refractivity contribution in [1.82, 2.24) is 0 Å². The summed E-state index contributed by atoms with van der Waals surface area (Å²) in [6, 6.07) is 28.4. The Balaban J connectivity index is 0.000000357. The van der Waals surface area contributed by atoms with Crippen LogP contribution in [0.5, 0.6) is 0 Å². The molecule has 3 heteroatoms. The molecule has 0 aliphatic heterocycles. The van der Waals surface area contributed by atoms with E-state index in [-0.39, 0.29) is 41.1 Å². The van der Waals surface area contributed by atoms with Gasteiger partial charge in [0.15, 0.2) is 0 Å². The predicted octanol–water partition coefficient (Wildman–Crippen LogP) is 4.67. The zero-order valence-corrected chi connectivity index (χ0v) is 32.4. The Morgan fingerprint density at radius 2 is 1.21 bits per heavy atom. The van der Waals surface area contributed by atoms with Gasteiger partial charge >= 0.3 is 89.5 Å². The molecule has 0 saturated carbocycles. The van der Waals surface area contributed by atoms with Gasteiger partial charge in [-0.1, -0.05) is 86.1 Å². The molecule has 0 radical (unpaired) electrons. The van der Waals surface area contributed by atoms with E-state index in [9.17, 15) is 0 Å². The molecule has 0 N–H and O–H groups in total. The van der Waals surface area contributed by atoms with Gasteiger partial charge in [0.05, 0.1) is 0 Å². The summed E-state index contributed by atoms with van der Waals surface area (Å²) in [6.07, 6.45) is 1.03. The number of rotatable bonds is 1. The Bertz CT molecular complexity index is 1400. The van der Waals surface area contributed by atoms with Crippen LogP contribution >= 0.6 is 0 Å². The molecule has 0 nitrogen and oxygen atoms in total. The molecule has 0 aromatic heterocycles. The van der Waals surface area contributed by atoms with Gasteiger partial charge in [0.2, 0.25) is 0 Å². The van der Waals surface area contributed by atoms with Crippen molar-refractivity contribution < 1.29 is 49.0 Å². The zero-order chi connectivity index (χ0) is 30.8. The van der Waals surface area contributed by atoms with E-state index in [1.165, 1.54) is 85.4 Å². The first kappa shape index (κ1) is 39.4. The summed E-state index contributed by atoms with van der Waals surface area (Å²) in [4.78, 5) is 0. The van der Waals surface area contributed by atoms with E-state index in [1.807, 2.05) is 0 Å². The fourth-order valence-corrected chi connectivity index (χ4v) is 5.53. The fraction of sp³-hybridized carbons (Fsp3) is 0.400. The molecule has 230 valence electrons. The third-order valence-corrected chi connectivity index (χ3v) is 8.74. The van der Waals surface area contributed by atoms with Crippen LogP contribution < -0.4 is 24.8 Å². The van der Waals surface area contributed by atoms with Gasteiger partial charge in [-0.25, -0.2) is 6.07 Å². The first-order chi connectivity index (χ1) is 18.9. The van der Waals surface area contributed by atoms with E-state index in [0.29, 0.717) is 0 Å². The van der Waals surface area contributed by atoms with Crippen LogP contribution in [0, 0.1) is 26.8 Å². The minimum absolute atomic E-state index is 0. The molecule has 0 saturated heterocycles. The zero-order valence-electron chi connectivity index (χ0n) is 28.4. The van der Waals surface area contributed by atoms with Crippen molar-refractivity contribution in [2.75, 3.05) is 0 Å². The van der Waals surface area contributed by atoms with Gasteiger partial charge in [0.1, 0.15) is 0 Å². The van der Waals surface area contributed by atoms with Crippen LogP contribution in [0.1, 0.15) is 112 Å². The van der Waals surface area contributed by atoms with Gasteiger partial charge < -0.3 is 24.8 Å². The van der Waals surface area contributed by atoms with E-state index in [0.717, 1.165) is 6.42 Å². The topological polar surface area (TPSA) is 0 Å². The molecule has 0 unspecified atom stereocenters. The van der Waals surface area contributed by atoms with E-state index in [2.05, 4.69) is 160 Å².